The molecule has 1 aliphatic carbocycles. The molecule has 5 nitrogen and oxygen atoms in total. The molecule has 0 radical (unpaired) electrons. The molecular weight excluding hydrogens is 308 g/mol. The Morgan fingerprint density at radius 2 is 1.92 bits per heavy atom. The second kappa shape index (κ2) is 4.27. The largest absolute Gasteiger partial charge is 0.473 e. The van der Waals surface area contributed by atoms with E-state index < -0.39 is 0 Å². The van der Waals surface area contributed by atoms with Crippen molar-refractivity contribution in [1.29, 1.82) is 0 Å². The number of epoxide rings is 1. The summed E-state index contributed by atoms with van der Waals surface area (Å²) >= 11 is 0. The van der Waals surface area contributed by atoms with Crippen molar-refractivity contribution >= 4 is 0 Å². The average Bonchev–Trinajstić information content (AvgIpc) is 3.21. The van der Waals surface area contributed by atoms with E-state index in [9.17, 15) is 0 Å². The summed E-state index contributed by atoms with van der Waals surface area (Å²) in [4.78, 5) is 0. The van der Waals surface area contributed by atoms with Crippen molar-refractivity contribution in [1.82, 2.24) is 0 Å². The van der Waals surface area contributed by atoms with Gasteiger partial charge in [0.15, 0.2) is 11.5 Å². The fraction of sp³-hybridized carbons (Fsp3) is 0.579. The zero-order valence-electron chi connectivity index (χ0n) is 13.5. The first-order chi connectivity index (χ1) is 11.8. The fourth-order valence-electron chi connectivity index (χ4n) is 5.52. The van der Waals surface area contributed by atoms with Gasteiger partial charge in [0.1, 0.15) is 11.2 Å². The fourth-order valence-corrected chi connectivity index (χ4v) is 5.52. The molecule has 0 aromatic heterocycles. The summed E-state index contributed by atoms with van der Waals surface area (Å²) in [7, 11) is 0. The number of hydrogen-bond donors (Lipinski definition) is 0. The predicted molar refractivity (Wildman–Crippen MR) is 83.5 cm³/mol. The van der Waals surface area contributed by atoms with Crippen LogP contribution in [0.5, 0.6) is 11.5 Å². The highest BCUT2D eigenvalue weighted by Crippen LogP contribution is 2.70. The normalized spacial score (nSPS) is 44.1. The molecule has 4 aliphatic heterocycles. The van der Waals surface area contributed by atoms with Crippen molar-refractivity contribution in [3.8, 4) is 11.5 Å². The first kappa shape index (κ1) is 13.6. The minimum atomic E-state index is -0.304. The van der Waals surface area contributed by atoms with Gasteiger partial charge in [-0.3, -0.25) is 0 Å². The molecule has 2 unspecified atom stereocenters. The number of hydrogen-bond acceptors (Lipinski definition) is 5. The van der Waals surface area contributed by atoms with Crippen LogP contribution in [0.3, 0.4) is 0 Å². The molecule has 5 aliphatic rings. The van der Waals surface area contributed by atoms with Gasteiger partial charge in [0.2, 0.25) is 13.1 Å². The number of ether oxygens (including phenoxy) is 5. The first-order valence-corrected chi connectivity index (χ1v) is 8.82. The third-order valence-electron chi connectivity index (χ3n) is 6.68. The van der Waals surface area contributed by atoms with Crippen LogP contribution in [0.25, 0.3) is 0 Å². The maximum Gasteiger partial charge on any atom is 0.231 e. The van der Waals surface area contributed by atoms with E-state index in [1.807, 2.05) is 12.3 Å². The van der Waals surface area contributed by atoms with Crippen LogP contribution in [-0.4, -0.2) is 25.3 Å². The van der Waals surface area contributed by atoms with Gasteiger partial charge in [0.25, 0.3) is 0 Å². The molecule has 2 saturated heterocycles. The Bertz CT molecular complexity index is 739. The Hall–Kier alpha value is -1.72. The van der Waals surface area contributed by atoms with Crippen LogP contribution in [0, 0.1) is 5.41 Å². The minimum Gasteiger partial charge on any atom is -0.473 e. The lowest BCUT2D eigenvalue weighted by atomic mass is 9.55. The molecule has 1 saturated carbocycles. The van der Waals surface area contributed by atoms with E-state index in [1.165, 1.54) is 18.4 Å². The van der Waals surface area contributed by atoms with Crippen LogP contribution in [0.2, 0.25) is 0 Å². The van der Waals surface area contributed by atoms with Crippen LogP contribution in [0.15, 0.2) is 30.5 Å². The van der Waals surface area contributed by atoms with Crippen LogP contribution in [0.1, 0.15) is 37.7 Å². The van der Waals surface area contributed by atoms with E-state index in [1.54, 1.807) is 0 Å². The molecule has 6 rings (SSSR count). The number of fused-ring (bicyclic) bond motifs is 2. The average molecular weight is 328 g/mol. The summed E-state index contributed by atoms with van der Waals surface area (Å²) in [6.45, 7) is 1.03. The zero-order valence-corrected chi connectivity index (χ0v) is 13.5. The molecule has 1 spiro atoms. The summed E-state index contributed by atoms with van der Waals surface area (Å²) in [6.07, 6.45) is 9.27. The van der Waals surface area contributed by atoms with Gasteiger partial charge in [-0.2, -0.15) is 0 Å². The molecule has 1 aromatic carbocycles. The molecule has 5 heteroatoms. The first-order valence-electron chi connectivity index (χ1n) is 8.82. The van der Waals surface area contributed by atoms with Gasteiger partial charge in [-0.15, -0.1) is 0 Å². The summed E-state index contributed by atoms with van der Waals surface area (Å²) < 4.78 is 29.4. The highest BCUT2D eigenvalue weighted by Gasteiger charge is 2.75. The lowest BCUT2D eigenvalue weighted by molar-refractivity contribution is -0.170. The van der Waals surface area contributed by atoms with Gasteiger partial charge < -0.3 is 23.7 Å². The molecule has 24 heavy (non-hydrogen) atoms. The molecule has 3 fully saturated rings. The molecular formula is C19H20O5. The summed E-state index contributed by atoms with van der Waals surface area (Å²) in [5.41, 5.74) is 0.545. The molecule has 0 amide bonds. The van der Waals surface area contributed by atoms with Gasteiger partial charge in [0.05, 0.1) is 12.9 Å². The van der Waals surface area contributed by atoms with Gasteiger partial charge in [-0.05, 0) is 36.6 Å². The van der Waals surface area contributed by atoms with Crippen molar-refractivity contribution in [2.75, 3.05) is 13.4 Å². The van der Waals surface area contributed by atoms with E-state index >= 15 is 0 Å². The molecule has 4 atom stereocenters. The number of benzene rings is 1. The third kappa shape index (κ3) is 1.44. The van der Waals surface area contributed by atoms with Crippen LogP contribution < -0.4 is 9.47 Å². The van der Waals surface area contributed by atoms with E-state index in [0.29, 0.717) is 6.79 Å². The summed E-state index contributed by atoms with van der Waals surface area (Å²) in [5, 5.41) is 0. The van der Waals surface area contributed by atoms with Crippen LogP contribution in [0.4, 0.5) is 0 Å². The van der Waals surface area contributed by atoms with E-state index in [-0.39, 0.29) is 22.9 Å². The maximum atomic E-state index is 6.39. The summed E-state index contributed by atoms with van der Waals surface area (Å²) in [5.74, 6) is 1.63. The van der Waals surface area contributed by atoms with Crippen molar-refractivity contribution in [3.63, 3.8) is 0 Å². The predicted octanol–water partition coefficient (Wildman–Crippen LogP) is 3.23. The Morgan fingerprint density at radius 3 is 2.83 bits per heavy atom. The topological polar surface area (TPSA) is 49.5 Å². The smallest absolute Gasteiger partial charge is 0.231 e. The molecule has 4 heterocycles. The van der Waals surface area contributed by atoms with Gasteiger partial charge in [-0.1, -0.05) is 18.9 Å². The van der Waals surface area contributed by atoms with Gasteiger partial charge >= 0.3 is 0 Å². The lowest BCUT2D eigenvalue weighted by Gasteiger charge is -2.49. The highest BCUT2D eigenvalue weighted by molar-refractivity contribution is 5.49. The molecule has 2 bridgehead atoms. The standard InChI is InChI=1S/C19H20O5/c1-2-6-18-7-8-20-16(24-18)10-17(18,5-1)19(11-23-19)13-3-4-14-15(9-13)22-12-21-14/h3-4,7-9,16H,1-2,5-6,10-12H2/t16-,17?,18-,19?/m1/s1. The second-order valence-electron chi connectivity index (χ2n) is 7.55. The second-order valence-corrected chi connectivity index (χ2v) is 7.55. The molecule has 126 valence electrons. The zero-order chi connectivity index (χ0) is 15.8. The van der Waals surface area contributed by atoms with Crippen molar-refractivity contribution in [2.45, 2.75) is 49.6 Å². The van der Waals surface area contributed by atoms with E-state index in [4.69, 9.17) is 23.7 Å². The molecule has 0 N–H and O–H groups in total. The minimum absolute atomic E-state index is 0.0659. The van der Waals surface area contributed by atoms with Crippen molar-refractivity contribution in [3.05, 3.63) is 36.1 Å². The van der Waals surface area contributed by atoms with Gasteiger partial charge in [-0.25, -0.2) is 0 Å². The van der Waals surface area contributed by atoms with Gasteiger partial charge in [0, 0.05) is 11.8 Å². The monoisotopic (exact) mass is 328 g/mol. The van der Waals surface area contributed by atoms with Crippen LogP contribution >= 0.6 is 0 Å². The van der Waals surface area contributed by atoms with Crippen molar-refractivity contribution < 1.29 is 23.7 Å². The Labute approximate surface area is 140 Å². The van der Waals surface area contributed by atoms with E-state index in [2.05, 4.69) is 18.2 Å². The summed E-state index contributed by atoms with van der Waals surface area (Å²) in [6, 6.07) is 6.23. The van der Waals surface area contributed by atoms with E-state index in [0.717, 1.165) is 37.4 Å². The number of rotatable bonds is 2. The SMILES string of the molecule is C1=C[C@]23CCCCC2(C2(c4ccc5c(c4)OCO5)CO2)C[C@H](O1)O3. The highest BCUT2D eigenvalue weighted by atomic mass is 16.7. The van der Waals surface area contributed by atoms with Crippen molar-refractivity contribution in [2.24, 2.45) is 5.41 Å². The lowest BCUT2D eigenvalue weighted by Crippen LogP contribution is -2.54. The Morgan fingerprint density at radius 1 is 1.04 bits per heavy atom. The Kier molecular flexibility index (Phi) is 2.41. The third-order valence-corrected chi connectivity index (χ3v) is 6.68. The van der Waals surface area contributed by atoms with Crippen LogP contribution in [-0.2, 0) is 19.8 Å². The quantitative estimate of drug-likeness (QED) is 0.780. The maximum absolute atomic E-state index is 6.39. The molecule has 1 aromatic rings. The Balaban J connectivity index is 1.50.